The van der Waals surface area contributed by atoms with Gasteiger partial charge in [0.1, 0.15) is 0 Å². The zero-order valence-electron chi connectivity index (χ0n) is 5.98. The summed E-state index contributed by atoms with van der Waals surface area (Å²) in [6, 6.07) is 0. The number of hydrogen-bond donors (Lipinski definition) is 0. The highest BCUT2D eigenvalue weighted by Crippen LogP contribution is 2.15. The van der Waals surface area contributed by atoms with E-state index in [4.69, 9.17) is 6.42 Å². The molecule has 0 N–H and O–H groups in total. The molecule has 0 saturated carbocycles. The third kappa shape index (κ3) is 2.00. The fourth-order valence-corrected chi connectivity index (χ4v) is 1.07. The zero-order chi connectivity index (χ0) is 7.23. The van der Waals surface area contributed by atoms with E-state index in [0.29, 0.717) is 0 Å². The van der Waals surface area contributed by atoms with Crippen LogP contribution in [0.4, 0.5) is 0 Å². The minimum absolute atomic E-state index is 1.12. The van der Waals surface area contributed by atoms with E-state index in [-0.39, 0.29) is 0 Å². The van der Waals surface area contributed by atoms with E-state index < -0.39 is 0 Å². The van der Waals surface area contributed by atoms with Crippen LogP contribution >= 0.6 is 0 Å². The van der Waals surface area contributed by atoms with Crippen LogP contribution in [0.1, 0.15) is 25.7 Å². The van der Waals surface area contributed by atoms with Crippen LogP contribution in [0.15, 0.2) is 11.6 Å². The molecule has 0 saturated heterocycles. The summed E-state index contributed by atoms with van der Waals surface area (Å²) in [5, 5.41) is 0. The first-order chi connectivity index (χ1) is 4.93. The van der Waals surface area contributed by atoms with E-state index in [2.05, 4.69) is 23.8 Å². The van der Waals surface area contributed by atoms with Gasteiger partial charge in [-0.2, -0.15) is 0 Å². The quantitative estimate of drug-likeness (QED) is 0.441. The standard InChI is InChI=1S/C10H10/c1-2-3-7-10-8-5-4-6-9-10/h1,8H,4-6,9H2. The zero-order valence-corrected chi connectivity index (χ0v) is 5.98. The summed E-state index contributed by atoms with van der Waals surface area (Å²) in [6.45, 7) is 0. The van der Waals surface area contributed by atoms with Gasteiger partial charge in [0.2, 0.25) is 0 Å². The molecular weight excluding hydrogens is 120 g/mol. The highest BCUT2D eigenvalue weighted by atomic mass is 14.0. The molecule has 0 fully saturated rings. The monoisotopic (exact) mass is 130 g/mol. The van der Waals surface area contributed by atoms with Gasteiger partial charge in [-0.1, -0.05) is 12.0 Å². The average Bonchev–Trinajstić information content (AvgIpc) is 2.03. The van der Waals surface area contributed by atoms with Crippen LogP contribution in [0, 0.1) is 24.2 Å². The molecule has 10 heavy (non-hydrogen) atoms. The fourth-order valence-electron chi connectivity index (χ4n) is 1.07. The Morgan fingerprint density at radius 1 is 1.40 bits per heavy atom. The SMILES string of the molecule is C#CC#CC1=CCCCC1. The summed E-state index contributed by atoms with van der Waals surface area (Å²) in [7, 11) is 0. The van der Waals surface area contributed by atoms with Crippen molar-refractivity contribution in [2.75, 3.05) is 0 Å². The third-order valence-corrected chi connectivity index (χ3v) is 1.59. The maximum absolute atomic E-state index is 4.99. The molecule has 1 rings (SSSR count). The first kappa shape index (κ1) is 6.97. The van der Waals surface area contributed by atoms with E-state index in [1.807, 2.05) is 0 Å². The summed E-state index contributed by atoms with van der Waals surface area (Å²) in [6.07, 6.45) is 12.1. The average molecular weight is 130 g/mol. The second-order valence-electron chi connectivity index (χ2n) is 2.37. The Morgan fingerprint density at radius 3 is 2.90 bits per heavy atom. The number of rotatable bonds is 0. The molecule has 50 valence electrons. The number of terminal acetylenes is 1. The summed E-state index contributed by atoms with van der Waals surface area (Å²) in [4.78, 5) is 0. The predicted octanol–water partition coefficient (Wildman–Crippen LogP) is 2.12. The molecule has 0 aromatic carbocycles. The fraction of sp³-hybridized carbons (Fsp3) is 0.400. The van der Waals surface area contributed by atoms with Crippen molar-refractivity contribution in [3.8, 4) is 24.2 Å². The van der Waals surface area contributed by atoms with E-state index >= 15 is 0 Å². The van der Waals surface area contributed by atoms with Gasteiger partial charge in [0.15, 0.2) is 0 Å². The molecule has 0 aromatic heterocycles. The Morgan fingerprint density at radius 2 is 2.30 bits per heavy atom. The van der Waals surface area contributed by atoms with Gasteiger partial charge in [-0.3, -0.25) is 0 Å². The molecule has 0 heterocycles. The Hall–Kier alpha value is -1.14. The van der Waals surface area contributed by atoms with Crippen LogP contribution in [0.2, 0.25) is 0 Å². The first-order valence-electron chi connectivity index (χ1n) is 3.59. The second-order valence-corrected chi connectivity index (χ2v) is 2.37. The van der Waals surface area contributed by atoms with Gasteiger partial charge in [0, 0.05) is 0 Å². The van der Waals surface area contributed by atoms with Gasteiger partial charge in [0.25, 0.3) is 0 Å². The Kier molecular flexibility index (Phi) is 2.65. The van der Waals surface area contributed by atoms with Gasteiger partial charge in [-0.15, -0.1) is 6.42 Å². The van der Waals surface area contributed by atoms with Gasteiger partial charge in [0.05, 0.1) is 0 Å². The molecule has 0 unspecified atom stereocenters. The van der Waals surface area contributed by atoms with E-state index in [1.165, 1.54) is 24.8 Å². The highest BCUT2D eigenvalue weighted by Gasteiger charge is 1.98. The smallest absolute Gasteiger partial charge is 0.000930 e. The third-order valence-electron chi connectivity index (χ3n) is 1.59. The van der Waals surface area contributed by atoms with Crippen molar-refractivity contribution in [3.63, 3.8) is 0 Å². The molecule has 0 nitrogen and oxygen atoms in total. The van der Waals surface area contributed by atoms with Gasteiger partial charge in [-0.05, 0) is 43.1 Å². The van der Waals surface area contributed by atoms with Gasteiger partial charge >= 0.3 is 0 Å². The van der Waals surface area contributed by atoms with Crippen LogP contribution in [-0.2, 0) is 0 Å². The van der Waals surface area contributed by atoms with E-state index in [1.54, 1.807) is 0 Å². The van der Waals surface area contributed by atoms with Crippen molar-refractivity contribution in [1.82, 2.24) is 0 Å². The van der Waals surface area contributed by atoms with Gasteiger partial charge < -0.3 is 0 Å². The molecule has 0 radical (unpaired) electrons. The number of hydrogen-bond acceptors (Lipinski definition) is 0. The van der Waals surface area contributed by atoms with E-state index in [9.17, 15) is 0 Å². The molecule has 0 bridgehead atoms. The lowest BCUT2D eigenvalue weighted by molar-refractivity contribution is 0.715. The largest absolute Gasteiger partial charge is 0.106 e. The maximum atomic E-state index is 4.99. The Labute approximate surface area is 62.3 Å². The predicted molar refractivity (Wildman–Crippen MR) is 43.2 cm³/mol. The van der Waals surface area contributed by atoms with Crippen LogP contribution in [0.25, 0.3) is 0 Å². The lowest BCUT2D eigenvalue weighted by Gasteiger charge is -2.04. The molecule has 0 spiro atoms. The first-order valence-corrected chi connectivity index (χ1v) is 3.59. The van der Waals surface area contributed by atoms with Crippen molar-refractivity contribution in [3.05, 3.63) is 11.6 Å². The van der Waals surface area contributed by atoms with Crippen LogP contribution in [-0.4, -0.2) is 0 Å². The highest BCUT2D eigenvalue weighted by molar-refractivity contribution is 5.35. The van der Waals surface area contributed by atoms with Crippen LogP contribution < -0.4 is 0 Å². The molecule has 0 atom stereocenters. The molecular formula is C10H10. The van der Waals surface area contributed by atoms with Crippen molar-refractivity contribution < 1.29 is 0 Å². The molecule has 0 amide bonds. The topological polar surface area (TPSA) is 0 Å². The van der Waals surface area contributed by atoms with Gasteiger partial charge in [-0.25, -0.2) is 0 Å². The molecule has 0 aliphatic heterocycles. The van der Waals surface area contributed by atoms with Crippen LogP contribution in [0.5, 0.6) is 0 Å². The summed E-state index contributed by atoms with van der Waals surface area (Å²) in [5.41, 5.74) is 1.23. The summed E-state index contributed by atoms with van der Waals surface area (Å²) < 4.78 is 0. The Balaban J connectivity index is 2.56. The van der Waals surface area contributed by atoms with Crippen molar-refractivity contribution >= 4 is 0 Å². The molecule has 1 aliphatic rings. The van der Waals surface area contributed by atoms with E-state index in [0.717, 1.165) is 6.42 Å². The molecule has 1 aliphatic carbocycles. The minimum atomic E-state index is 1.12. The second kappa shape index (κ2) is 3.80. The maximum Gasteiger partial charge on any atom is -0.000930 e. The van der Waals surface area contributed by atoms with Crippen molar-refractivity contribution in [1.29, 1.82) is 0 Å². The lowest BCUT2D eigenvalue weighted by atomic mass is 10.0. The Bertz CT molecular complexity index is 227. The number of allylic oxidation sites excluding steroid dienone is 2. The molecule has 0 aromatic rings. The minimum Gasteiger partial charge on any atom is -0.106 e. The summed E-state index contributed by atoms with van der Waals surface area (Å²) in [5.74, 6) is 7.89. The molecule has 0 heteroatoms. The lowest BCUT2D eigenvalue weighted by Crippen LogP contribution is -1.87. The van der Waals surface area contributed by atoms with Crippen LogP contribution in [0.3, 0.4) is 0 Å². The normalized spacial score (nSPS) is 16.1. The summed E-state index contributed by atoms with van der Waals surface area (Å²) >= 11 is 0. The van der Waals surface area contributed by atoms with Crippen molar-refractivity contribution in [2.45, 2.75) is 25.7 Å². The van der Waals surface area contributed by atoms with Crippen molar-refractivity contribution in [2.24, 2.45) is 0 Å².